The van der Waals surface area contributed by atoms with Crippen molar-refractivity contribution in [2.24, 2.45) is 0 Å². The maximum Gasteiger partial charge on any atom is 0.151 e. The van der Waals surface area contributed by atoms with Gasteiger partial charge in [0.05, 0.1) is 17.9 Å². The lowest BCUT2D eigenvalue weighted by atomic mass is 10.2. The summed E-state index contributed by atoms with van der Waals surface area (Å²) < 4.78 is 5.73. The summed E-state index contributed by atoms with van der Waals surface area (Å²) in [6.07, 6.45) is 3.10. The maximum absolute atomic E-state index is 5.73. The van der Waals surface area contributed by atoms with Crippen molar-refractivity contribution in [3.05, 3.63) is 17.8 Å². The maximum atomic E-state index is 5.73. The second-order valence-corrected chi connectivity index (χ2v) is 5.70. The molecule has 0 unspecified atom stereocenters. The van der Waals surface area contributed by atoms with Crippen LogP contribution in [0, 0.1) is 0 Å². The van der Waals surface area contributed by atoms with Gasteiger partial charge in [0.1, 0.15) is 0 Å². The van der Waals surface area contributed by atoms with E-state index in [9.17, 15) is 0 Å². The molecule has 0 amide bonds. The minimum atomic E-state index is 0.252. The monoisotopic (exact) mass is 262 g/mol. The third-order valence-corrected chi connectivity index (χ3v) is 3.60. The van der Waals surface area contributed by atoms with Crippen molar-refractivity contribution in [3.8, 4) is 0 Å². The van der Waals surface area contributed by atoms with E-state index >= 15 is 0 Å². The van der Waals surface area contributed by atoms with Gasteiger partial charge >= 0.3 is 0 Å². The van der Waals surface area contributed by atoms with Crippen LogP contribution in [0.15, 0.2) is 12.1 Å². The predicted octanol–water partition coefficient (Wildman–Crippen LogP) is 1.34. The van der Waals surface area contributed by atoms with Gasteiger partial charge in [-0.1, -0.05) is 0 Å². The molecule has 1 aromatic heterocycles. The van der Waals surface area contributed by atoms with Crippen molar-refractivity contribution in [1.82, 2.24) is 15.5 Å². The number of morpholine rings is 1. The van der Waals surface area contributed by atoms with Crippen molar-refractivity contribution in [3.63, 3.8) is 0 Å². The van der Waals surface area contributed by atoms with E-state index in [1.807, 2.05) is 0 Å². The Morgan fingerprint density at radius 2 is 1.95 bits per heavy atom. The fourth-order valence-electron chi connectivity index (χ4n) is 2.52. The number of ether oxygens (including phenoxy) is 1. The van der Waals surface area contributed by atoms with Gasteiger partial charge in [-0.3, -0.25) is 0 Å². The van der Waals surface area contributed by atoms with Gasteiger partial charge in [-0.15, -0.1) is 5.10 Å². The van der Waals surface area contributed by atoms with Crippen LogP contribution in [-0.2, 0) is 11.3 Å². The number of nitrogens with zero attached hydrogens (tertiary/aromatic N) is 3. The standard InChI is InChI=1S/C14H22N4O/c1-10-8-18(9-11(2)19-10)14-6-5-13(16-17-14)7-15-12-3-4-12/h5-6,10-12,15H,3-4,7-9H2,1-2H3/t10-,11+. The van der Waals surface area contributed by atoms with Gasteiger partial charge in [0, 0.05) is 25.7 Å². The van der Waals surface area contributed by atoms with Crippen molar-refractivity contribution < 1.29 is 4.74 Å². The molecule has 1 aromatic rings. The largest absolute Gasteiger partial charge is 0.372 e. The average Bonchev–Trinajstić information content (AvgIpc) is 3.20. The van der Waals surface area contributed by atoms with Crippen LogP contribution >= 0.6 is 0 Å². The lowest BCUT2D eigenvalue weighted by Crippen LogP contribution is -2.45. The van der Waals surface area contributed by atoms with Gasteiger partial charge in [-0.05, 0) is 38.8 Å². The minimum Gasteiger partial charge on any atom is -0.372 e. The van der Waals surface area contributed by atoms with E-state index in [0.717, 1.165) is 31.1 Å². The van der Waals surface area contributed by atoms with E-state index < -0.39 is 0 Å². The van der Waals surface area contributed by atoms with Crippen LogP contribution in [0.1, 0.15) is 32.4 Å². The summed E-state index contributed by atoms with van der Waals surface area (Å²) in [7, 11) is 0. The lowest BCUT2D eigenvalue weighted by Gasteiger charge is -2.35. The van der Waals surface area contributed by atoms with Gasteiger partial charge < -0.3 is 15.0 Å². The number of hydrogen-bond acceptors (Lipinski definition) is 5. The normalized spacial score (nSPS) is 27.6. The molecule has 2 heterocycles. The fourth-order valence-corrected chi connectivity index (χ4v) is 2.52. The Balaban J connectivity index is 1.60. The van der Waals surface area contributed by atoms with E-state index in [1.54, 1.807) is 0 Å². The highest BCUT2D eigenvalue weighted by molar-refractivity contribution is 5.38. The van der Waals surface area contributed by atoms with Crippen LogP contribution in [0.4, 0.5) is 5.82 Å². The molecule has 0 aromatic carbocycles. The summed E-state index contributed by atoms with van der Waals surface area (Å²) in [5.41, 5.74) is 1.02. The molecule has 2 atom stereocenters. The molecule has 19 heavy (non-hydrogen) atoms. The van der Waals surface area contributed by atoms with Crippen LogP contribution in [0.5, 0.6) is 0 Å². The second kappa shape index (κ2) is 5.43. The van der Waals surface area contributed by atoms with Crippen molar-refractivity contribution in [2.45, 2.75) is 51.5 Å². The van der Waals surface area contributed by atoms with Gasteiger partial charge in [-0.2, -0.15) is 5.10 Å². The lowest BCUT2D eigenvalue weighted by molar-refractivity contribution is -0.00550. The number of nitrogens with one attached hydrogen (secondary N) is 1. The van der Waals surface area contributed by atoms with Crippen molar-refractivity contribution >= 4 is 5.82 Å². The number of rotatable bonds is 4. The first kappa shape index (κ1) is 12.8. The molecule has 5 nitrogen and oxygen atoms in total. The summed E-state index contributed by atoms with van der Waals surface area (Å²) in [6, 6.07) is 4.85. The SMILES string of the molecule is C[C@@H]1CN(c2ccc(CNC3CC3)nn2)C[C@H](C)O1. The van der Waals surface area contributed by atoms with E-state index in [2.05, 4.69) is 46.4 Å². The van der Waals surface area contributed by atoms with Crippen LogP contribution < -0.4 is 10.2 Å². The molecule has 1 aliphatic heterocycles. The van der Waals surface area contributed by atoms with Gasteiger partial charge in [-0.25, -0.2) is 0 Å². The van der Waals surface area contributed by atoms with E-state index in [4.69, 9.17) is 4.74 Å². The Kier molecular flexibility index (Phi) is 3.66. The summed E-state index contributed by atoms with van der Waals surface area (Å²) in [5.74, 6) is 0.956. The predicted molar refractivity (Wildman–Crippen MR) is 74.1 cm³/mol. The highest BCUT2D eigenvalue weighted by Gasteiger charge is 2.23. The number of hydrogen-bond donors (Lipinski definition) is 1. The topological polar surface area (TPSA) is 50.3 Å². The Labute approximate surface area is 114 Å². The molecular weight excluding hydrogens is 240 g/mol. The summed E-state index contributed by atoms with van der Waals surface area (Å²) in [4.78, 5) is 2.25. The second-order valence-electron chi connectivity index (χ2n) is 5.70. The van der Waals surface area contributed by atoms with Gasteiger partial charge in [0.15, 0.2) is 5.82 Å². The smallest absolute Gasteiger partial charge is 0.151 e. The summed E-state index contributed by atoms with van der Waals surface area (Å²) >= 11 is 0. The summed E-state index contributed by atoms with van der Waals surface area (Å²) in [5, 5.41) is 12.1. The zero-order valence-electron chi connectivity index (χ0n) is 11.7. The molecule has 0 spiro atoms. The molecule has 2 fully saturated rings. The molecule has 1 saturated heterocycles. The highest BCUT2D eigenvalue weighted by atomic mass is 16.5. The molecule has 3 rings (SSSR count). The van der Waals surface area contributed by atoms with Crippen molar-refractivity contribution in [1.29, 1.82) is 0 Å². The van der Waals surface area contributed by atoms with E-state index in [-0.39, 0.29) is 12.2 Å². The Bertz CT molecular complexity index is 408. The molecule has 1 saturated carbocycles. The Hall–Kier alpha value is -1.20. The molecule has 5 heteroatoms. The average molecular weight is 262 g/mol. The number of anilines is 1. The fraction of sp³-hybridized carbons (Fsp3) is 0.714. The minimum absolute atomic E-state index is 0.252. The number of aromatic nitrogens is 2. The van der Waals surface area contributed by atoms with Gasteiger partial charge in [0.25, 0.3) is 0 Å². The van der Waals surface area contributed by atoms with Crippen LogP contribution in [0.2, 0.25) is 0 Å². The first-order valence-corrected chi connectivity index (χ1v) is 7.17. The van der Waals surface area contributed by atoms with Crippen LogP contribution in [0.25, 0.3) is 0 Å². The van der Waals surface area contributed by atoms with Gasteiger partial charge in [0.2, 0.25) is 0 Å². The third-order valence-electron chi connectivity index (χ3n) is 3.60. The van der Waals surface area contributed by atoms with E-state index in [0.29, 0.717) is 6.04 Å². The van der Waals surface area contributed by atoms with Crippen LogP contribution in [-0.4, -0.2) is 41.5 Å². The molecule has 2 aliphatic rings. The Morgan fingerprint density at radius 3 is 2.53 bits per heavy atom. The van der Waals surface area contributed by atoms with E-state index in [1.165, 1.54) is 12.8 Å². The summed E-state index contributed by atoms with van der Waals surface area (Å²) in [6.45, 7) is 6.80. The molecule has 1 N–H and O–H groups in total. The first-order chi connectivity index (χ1) is 9.20. The molecule has 1 aliphatic carbocycles. The molecule has 0 bridgehead atoms. The van der Waals surface area contributed by atoms with Crippen molar-refractivity contribution in [2.75, 3.05) is 18.0 Å². The highest BCUT2D eigenvalue weighted by Crippen LogP contribution is 2.20. The quantitative estimate of drug-likeness (QED) is 0.887. The Morgan fingerprint density at radius 1 is 1.21 bits per heavy atom. The molecule has 0 radical (unpaired) electrons. The molecular formula is C14H22N4O. The first-order valence-electron chi connectivity index (χ1n) is 7.17. The van der Waals surface area contributed by atoms with Crippen LogP contribution in [0.3, 0.4) is 0 Å². The zero-order valence-corrected chi connectivity index (χ0v) is 11.7. The third kappa shape index (κ3) is 3.42. The molecule has 104 valence electrons. The zero-order chi connectivity index (χ0) is 13.2.